The van der Waals surface area contributed by atoms with Crippen LogP contribution in [0.5, 0.6) is 5.75 Å². The van der Waals surface area contributed by atoms with Gasteiger partial charge < -0.3 is 14.0 Å². The summed E-state index contributed by atoms with van der Waals surface area (Å²) in [7, 11) is 1.60. The molecule has 5 rings (SSSR count). The van der Waals surface area contributed by atoms with Gasteiger partial charge in [-0.2, -0.15) is 0 Å². The predicted molar refractivity (Wildman–Crippen MR) is 156 cm³/mol. The molecule has 39 heavy (non-hydrogen) atoms. The van der Waals surface area contributed by atoms with Crippen LogP contribution in [0.3, 0.4) is 0 Å². The molecule has 0 fully saturated rings. The van der Waals surface area contributed by atoms with Crippen molar-refractivity contribution in [3.05, 3.63) is 113 Å². The van der Waals surface area contributed by atoms with Crippen molar-refractivity contribution in [2.24, 2.45) is 4.99 Å². The van der Waals surface area contributed by atoms with E-state index in [2.05, 4.69) is 43.7 Å². The van der Waals surface area contributed by atoms with Crippen LogP contribution in [0.15, 0.2) is 80.1 Å². The Morgan fingerprint density at radius 2 is 1.79 bits per heavy atom. The Kier molecular flexibility index (Phi) is 7.46. The highest BCUT2D eigenvalue weighted by atomic mass is 79.9. The molecule has 0 saturated heterocycles. The van der Waals surface area contributed by atoms with Crippen molar-refractivity contribution in [2.45, 2.75) is 33.7 Å². The van der Waals surface area contributed by atoms with Crippen LogP contribution in [0.25, 0.3) is 11.8 Å². The number of rotatable bonds is 6. The average Bonchev–Trinajstić information content (AvgIpc) is 3.38. The van der Waals surface area contributed by atoms with Crippen molar-refractivity contribution < 1.29 is 14.3 Å². The summed E-state index contributed by atoms with van der Waals surface area (Å²) in [5, 5.41) is 0. The van der Waals surface area contributed by atoms with Gasteiger partial charge in [-0.05, 0) is 87.4 Å². The number of aryl methyl sites for hydroxylation is 1. The molecule has 0 amide bonds. The van der Waals surface area contributed by atoms with Crippen molar-refractivity contribution in [1.82, 2.24) is 9.13 Å². The minimum absolute atomic E-state index is 0.206. The van der Waals surface area contributed by atoms with Crippen LogP contribution in [0.4, 0.5) is 0 Å². The summed E-state index contributed by atoms with van der Waals surface area (Å²) in [4.78, 5) is 32.2. The van der Waals surface area contributed by atoms with Crippen LogP contribution in [-0.4, -0.2) is 28.8 Å². The van der Waals surface area contributed by atoms with E-state index in [-0.39, 0.29) is 12.2 Å². The summed E-state index contributed by atoms with van der Waals surface area (Å²) in [6.45, 7) is 7.86. The van der Waals surface area contributed by atoms with Crippen LogP contribution in [0.1, 0.15) is 42.4 Å². The molecule has 9 heteroatoms. The third kappa shape index (κ3) is 4.92. The fourth-order valence-electron chi connectivity index (χ4n) is 4.96. The van der Waals surface area contributed by atoms with Gasteiger partial charge in [0.25, 0.3) is 5.56 Å². The Morgan fingerprint density at radius 3 is 2.44 bits per heavy atom. The summed E-state index contributed by atoms with van der Waals surface area (Å²) < 4.78 is 16.0. The van der Waals surface area contributed by atoms with Crippen molar-refractivity contribution in [2.75, 3.05) is 13.7 Å². The van der Waals surface area contributed by atoms with Crippen LogP contribution < -0.4 is 19.6 Å². The second kappa shape index (κ2) is 10.8. The van der Waals surface area contributed by atoms with Gasteiger partial charge in [-0.25, -0.2) is 9.79 Å². The van der Waals surface area contributed by atoms with E-state index in [9.17, 15) is 9.59 Å². The highest BCUT2D eigenvalue weighted by Gasteiger charge is 2.33. The maximum atomic E-state index is 13.9. The van der Waals surface area contributed by atoms with Crippen molar-refractivity contribution in [1.29, 1.82) is 0 Å². The van der Waals surface area contributed by atoms with Gasteiger partial charge in [-0.15, -0.1) is 0 Å². The molecule has 2 aromatic heterocycles. The lowest BCUT2D eigenvalue weighted by Gasteiger charge is -2.24. The van der Waals surface area contributed by atoms with E-state index in [0.29, 0.717) is 26.4 Å². The normalized spacial score (nSPS) is 15.2. The molecule has 1 atom stereocenters. The molecular weight excluding hydrogens is 578 g/mol. The van der Waals surface area contributed by atoms with E-state index in [1.165, 1.54) is 11.3 Å². The summed E-state index contributed by atoms with van der Waals surface area (Å²) >= 11 is 4.81. The number of esters is 1. The molecule has 7 nitrogen and oxygen atoms in total. The Morgan fingerprint density at radius 1 is 1.10 bits per heavy atom. The number of carbonyl (C=O) groups is 1. The van der Waals surface area contributed by atoms with Gasteiger partial charge in [0.15, 0.2) is 4.80 Å². The molecule has 1 aliphatic heterocycles. The molecular formula is C30H28BrN3O4S. The number of nitrogens with zero attached hydrogens (tertiary/aromatic N) is 3. The van der Waals surface area contributed by atoms with E-state index in [4.69, 9.17) is 9.47 Å². The fourth-order valence-corrected chi connectivity index (χ4v) is 6.26. The van der Waals surface area contributed by atoms with Gasteiger partial charge in [-0.1, -0.05) is 39.4 Å². The fraction of sp³-hybridized carbons (Fsp3) is 0.233. The number of carbonyl (C=O) groups excluding carboxylic acids is 1. The van der Waals surface area contributed by atoms with E-state index in [1.807, 2.05) is 56.3 Å². The molecule has 0 spiro atoms. The van der Waals surface area contributed by atoms with E-state index in [1.54, 1.807) is 25.5 Å². The van der Waals surface area contributed by atoms with Gasteiger partial charge >= 0.3 is 5.97 Å². The number of fused-ring (bicyclic) bond motifs is 1. The lowest BCUT2D eigenvalue weighted by atomic mass is 9.96. The molecule has 1 unspecified atom stereocenters. The minimum Gasteiger partial charge on any atom is -0.497 e. The van der Waals surface area contributed by atoms with Gasteiger partial charge in [-0.3, -0.25) is 9.36 Å². The molecule has 4 aromatic rings. The topological polar surface area (TPSA) is 74.8 Å². The number of halogens is 1. The molecule has 2 aromatic carbocycles. The highest BCUT2D eigenvalue weighted by molar-refractivity contribution is 9.10. The molecule has 1 aliphatic rings. The SMILES string of the molecule is CCOC(=O)C1=C(C)N=c2s/c(=C/c3cc(C)n(-c4ccc(Br)cc4)c3C)c(=O)n2C1c1ccc(OC)cc1. The van der Waals surface area contributed by atoms with Gasteiger partial charge in [0, 0.05) is 21.5 Å². The first-order valence-corrected chi connectivity index (χ1v) is 14.1. The summed E-state index contributed by atoms with van der Waals surface area (Å²) in [5.41, 5.74) is 5.54. The number of aromatic nitrogens is 2. The van der Waals surface area contributed by atoms with Crippen molar-refractivity contribution in [3.8, 4) is 11.4 Å². The third-order valence-electron chi connectivity index (χ3n) is 6.79. The summed E-state index contributed by atoms with van der Waals surface area (Å²) in [5.74, 6) is 0.206. The average molecular weight is 607 g/mol. The molecule has 0 radical (unpaired) electrons. The lowest BCUT2D eigenvalue weighted by molar-refractivity contribution is -0.139. The quantitative estimate of drug-likeness (QED) is 0.291. The monoisotopic (exact) mass is 605 g/mol. The van der Waals surface area contributed by atoms with Crippen molar-refractivity contribution in [3.63, 3.8) is 0 Å². The second-order valence-corrected chi connectivity index (χ2v) is 11.1. The standard InChI is InChI=1S/C30H28BrN3O4S/c1-6-38-29(36)26-18(3)32-30-34(27(26)20-7-13-24(37-5)14-8-20)28(35)25(39-30)16-21-15-17(2)33(19(21)4)23-11-9-22(31)10-12-23/h7-16,27H,6H2,1-5H3/b25-16+. The Balaban J connectivity index is 1.68. The van der Waals surface area contributed by atoms with E-state index >= 15 is 0 Å². The summed E-state index contributed by atoms with van der Waals surface area (Å²) in [6.07, 6.45) is 1.91. The third-order valence-corrected chi connectivity index (χ3v) is 8.30. The first-order chi connectivity index (χ1) is 18.7. The number of methoxy groups -OCH3 is 1. The first kappa shape index (κ1) is 26.9. The number of hydrogen-bond donors (Lipinski definition) is 0. The number of ether oxygens (including phenoxy) is 2. The number of allylic oxidation sites excluding steroid dienone is 1. The highest BCUT2D eigenvalue weighted by Crippen LogP contribution is 2.31. The van der Waals surface area contributed by atoms with Crippen LogP contribution >= 0.6 is 27.3 Å². The Bertz CT molecular complexity index is 1780. The largest absolute Gasteiger partial charge is 0.497 e. The molecule has 0 N–H and O–H groups in total. The van der Waals surface area contributed by atoms with Crippen LogP contribution in [0.2, 0.25) is 0 Å². The zero-order valence-corrected chi connectivity index (χ0v) is 24.7. The molecule has 3 heterocycles. The van der Waals surface area contributed by atoms with E-state index < -0.39 is 12.0 Å². The maximum absolute atomic E-state index is 13.9. The molecule has 0 saturated carbocycles. The molecule has 200 valence electrons. The number of hydrogen-bond acceptors (Lipinski definition) is 6. The number of thiazole rings is 1. The van der Waals surface area contributed by atoms with Crippen LogP contribution in [0, 0.1) is 13.8 Å². The van der Waals surface area contributed by atoms with E-state index in [0.717, 1.165) is 32.7 Å². The number of benzene rings is 2. The smallest absolute Gasteiger partial charge is 0.338 e. The predicted octanol–water partition coefficient (Wildman–Crippen LogP) is 4.98. The zero-order chi connectivity index (χ0) is 27.8. The van der Waals surface area contributed by atoms with Crippen LogP contribution in [-0.2, 0) is 9.53 Å². The Hall–Kier alpha value is -3.69. The second-order valence-electron chi connectivity index (χ2n) is 9.21. The summed E-state index contributed by atoms with van der Waals surface area (Å²) in [6, 6.07) is 16.9. The van der Waals surface area contributed by atoms with Crippen molar-refractivity contribution >= 4 is 39.3 Å². The maximum Gasteiger partial charge on any atom is 0.338 e. The molecule has 0 aliphatic carbocycles. The van der Waals surface area contributed by atoms with Gasteiger partial charge in [0.1, 0.15) is 5.75 Å². The lowest BCUT2D eigenvalue weighted by Crippen LogP contribution is -2.39. The molecule has 0 bridgehead atoms. The van der Waals surface area contributed by atoms with Gasteiger partial charge in [0.05, 0.1) is 35.6 Å². The zero-order valence-electron chi connectivity index (χ0n) is 22.3. The van der Waals surface area contributed by atoms with Gasteiger partial charge in [0.2, 0.25) is 0 Å². The Labute approximate surface area is 238 Å². The minimum atomic E-state index is -0.663. The first-order valence-electron chi connectivity index (χ1n) is 12.5.